The Hall–Kier alpha value is -3.93. The normalized spacial score (nSPS) is 13.6. The average molecular weight is 443 g/mol. The van der Waals surface area contributed by atoms with Crippen LogP contribution in [0.3, 0.4) is 0 Å². The third kappa shape index (κ3) is 6.29. The summed E-state index contributed by atoms with van der Waals surface area (Å²) < 4.78 is 5.04. The molecular weight excluding hydrogens is 416 g/mol. The van der Waals surface area contributed by atoms with Crippen molar-refractivity contribution in [3.63, 3.8) is 0 Å². The van der Waals surface area contributed by atoms with Crippen LogP contribution >= 0.6 is 0 Å². The third-order valence-electron chi connectivity index (χ3n) is 5.58. The maximum absolute atomic E-state index is 12.3. The van der Waals surface area contributed by atoms with Gasteiger partial charge in [0.1, 0.15) is 6.54 Å². The molecule has 2 amide bonds. The number of carbonyl (C=O) groups is 3. The van der Waals surface area contributed by atoms with Crippen LogP contribution in [0.2, 0.25) is 0 Å². The number of ether oxygens (including phenoxy) is 1. The second-order valence-corrected chi connectivity index (χ2v) is 8.08. The summed E-state index contributed by atoms with van der Waals surface area (Å²) in [7, 11) is 0. The summed E-state index contributed by atoms with van der Waals surface area (Å²) in [5.74, 6) is -0.984. The fraction of sp³-hybridized carbons (Fsp3) is 0.222. The number of carbonyl (C=O) groups excluding carboxylic acids is 3. The summed E-state index contributed by atoms with van der Waals surface area (Å²) in [6.07, 6.45) is 2.13. The maximum Gasteiger partial charge on any atom is 0.325 e. The van der Waals surface area contributed by atoms with Gasteiger partial charge in [-0.1, -0.05) is 72.8 Å². The van der Waals surface area contributed by atoms with E-state index in [9.17, 15) is 14.4 Å². The highest BCUT2D eigenvalue weighted by Gasteiger charge is 2.33. The van der Waals surface area contributed by atoms with Crippen molar-refractivity contribution >= 4 is 17.8 Å². The monoisotopic (exact) mass is 442 g/mol. The molecule has 3 aromatic rings. The van der Waals surface area contributed by atoms with E-state index >= 15 is 0 Å². The molecule has 1 fully saturated rings. The van der Waals surface area contributed by atoms with E-state index in [1.807, 2.05) is 72.8 Å². The van der Waals surface area contributed by atoms with Crippen LogP contribution in [0.1, 0.15) is 34.8 Å². The van der Waals surface area contributed by atoms with Crippen LogP contribution < -0.4 is 10.6 Å². The van der Waals surface area contributed by atoms with Crippen molar-refractivity contribution in [2.24, 2.45) is 5.92 Å². The number of esters is 1. The van der Waals surface area contributed by atoms with Gasteiger partial charge < -0.3 is 15.4 Å². The van der Waals surface area contributed by atoms with Gasteiger partial charge in [-0.15, -0.1) is 0 Å². The molecule has 0 aliphatic heterocycles. The Morgan fingerprint density at radius 3 is 2.06 bits per heavy atom. The summed E-state index contributed by atoms with van der Waals surface area (Å²) >= 11 is 0. The molecule has 1 aliphatic rings. The lowest BCUT2D eigenvalue weighted by molar-refractivity contribution is -0.147. The Kier molecular flexibility index (Phi) is 7.15. The molecule has 0 spiro atoms. The quantitative estimate of drug-likeness (QED) is 0.493. The van der Waals surface area contributed by atoms with Gasteiger partial charge in [0.2, 0.25) is 0 Å². The van der Waals surface area contributed by atoms with E-state index in [2.05, 4.69) is 10.6 Å². The molecule has 0 bridgehead atoms. The number of hydrogen-bond donors (Lipinski definition) is 2. The molecule has 1 atom stereocenters. The van der Waals surface area contributed by atoms with Crippen LogP contribution in [-0.2, 0) is 14.3 Å². The van der Waals surface area contributed by atoms with Gasteiger partial charge in [-0.2, -0.15) is 0 Å². The summed E-state index contributed by atoms with van der Waals surface area (Å²) in [6, 6.07) is 26.7. The van der Waals surface area contributed by atoms with Gasteiger partial charge in [0, 0.05) is 5.56 Å². The zero-order valence-electron chi connectivity index (χ0n) is 18.2. The fourth-order valence-corrected chi connectivity index (χ4v) is 3.67. The van der Waals surface area contributed by atoms with Crippen LogP contribution in [0, 0.1) is 5.92 Å². The van der Waals surface area contributed by atoms with Gasteiger partial charge >= 0.3 is 5.97 Å². The van der Waals surface area contributed by atoms with Crippen LogP contribution in [0.15, 0.2) is 84.9 Å². The lowest BCUT2D eigenvalue weighted by Gasteiger charge is -2.18. The van der Waals surface area contributed by atoms with E-state index in [1.54, 1.807) is 12.1 Å². The maximum atomic E-state index is 12.3. The van der Waals surface area contributed by atoms with Crippen molar-refractivity contribution in [1.29, 1.82) is 0 Å². The number of hydrogen-bond acceptors (Lipinski definition) is 4. The minimum atomic E-state index is -0.665. The minimum absolute atomic E-state index is 0.0732. The molecule has 1 unspecified atom stereocenters. The highest BCUT2D eigenvalue weighted by molar-refractivity contribution is 5.96. The predicted molar refractivity (Wildman–Crippen MR) is 125 cm³/mol. The first-order chi connectivity index (χ1) is 16.1. The molecule has 33 heavy (non-hydrogen) atoms. The molecule has 0 saturated heterocycles. The SMILES string of the molecule is O=C(COC(=O)CNC(=O)c1ccc(-c2ccccc2)cc1)NC(c1ccccc1)C1CC1. The van der Waals surface area contributed by atoms with Crippen molar-refractivity contribution in [1.82, 2.24) is 10.6 Å². The van der Waals surface area contributed by atoms with E-state index in [0.29, 0.717) is 11.5 Å². The van der Waals surface area contributed by atoms with Crippen molar-refractivity contribution in [2.45, 2.75) is 18.9 Å². The molecule has 6 heteroatoms. The highest BCUT2D eigenvalue weighted by atomic mass is 16.5. The molecule has 4 rings (SSSR count). The van der Waals surface area contributed by atoms with Crippen LogP contribution in [0.4, 0.5) is 0 Å². The molecule has 6 nitrogen and oxygen atoms in total. The zero-order chi connectivity index (χ0) is 23.0. The van der Waals surface area contributed by atoms with Crippen molar-refractivity contribution in [2.75, 3.05) is 13.2 Å². The van der Waals surface area contributed by atoms with Crippen LogP contribution in [0.25, 0.3) is 11.1 Å². The van der Waals surface area contributed by atoms with Gasteiger partial charge in [0.15, 0.2) is 6.61 Å². The predicted octanol–water partition coefficient (Wildman–Crippen LogP) is 3.89. The Balaban J connectivity index is 1.21. The number of rotatable bonds is 9. The summed E-state index contributed by atoms with van der Waals surface area (Å²) in [5, 5.41) is 5.49. The molecule has 2 N–H and O–H groups in total. The Morgan fingerprint density at radius 2 is 1.42 bits per heavy atom. The third-order valence-corrected chi connectivity index (χ3v) is 5.58. The first-order valence-electron chi connectivity index (χ1n) is 11.0. The zero-order valence-corrected chi connectivity index (χ0v) is 18.2. The van der Waals surface area contributed by atoms with E-state index in [0.717, 1.165) is 29.5 Å². The number of nitrogens with one attached hydrogen (secondary N) is 2. The van der Waals surface area contributed by atoms with E-state index in [1.165, 1.54) is 0 Å². The summed E-state index contributed by atoms with van der Waals surface area (Å²) in [4.78, 5) is 36.6. The molecule has 1 aliphatic carbocycles. The minimum Gasteiger partial charge on any atom is -0.454 e. The Morgan fingerprint density at radius 1 is 0.818 bits per heavy atom. The summed E-state index contributed by atoms with van der Waals surface area (Å²) in [6.45, 7) is -0.687. The van der Waals surface area contributed by atoms with Crippen molar-refractivity contribution in [3.8, 4) is 11.1 Å². The lowest BCUT2D eigenvalue weighted by Crippen LogP contribution is -2.36. The Labute approximate surface area is 193 Å². The second kappa shape index (κ2) is 10.6. The van der Waals surface area contributed by atoms with E-state index in [4.69, 9.17) is 4.74 Å². The number of benzene rings is 3. The first-order valence-corrected chi connectivity index (χ1v) is 11.0. The first kappa shape index (κ1) is 22.3. The van der Waals surface area contributed by atoms with Crippen molar-refractivity contribution < 1.29 is 19.1 Å². The highest BCUT2D eigenvalue weighted by Crippen LogP contribution is 2.40. The van der Waals surface area contributed by atoms with E-state index < -0.39 is 5.97 Å². The van der Waals surface area contributed by atoms with Gasteiger partial charge in [0.25, 0.3) is 11.8 Å². The fourth-order valence-electron chi connectivity index (χ4n) is 3.67. The molecule has 0 radical (unpaired) electrons. The van der Waals surface area contributed by atoms with Gasteiger partial charge in [0.05, 0.1) is 6.04 Å². The molecule has 0 heterocycles. The van der Waals surface area contributed by atoms with Gasteiger partial charge in [-0.05, 0) is 47.6 Å². The lowest BCUT2D eigenvalue weighted by atomic mass is 10.0. The largest absolute Gasteiger partial charge is 0.454 e. The molecule has 168 valence electrons. The average Bonchev–Trinajstić information content (AvgIpc) is 3.71. The Bertz CT molecular complexity index is 1090. The number of amides is 2. The molecule has 1 saturated carbocycles. The molecule has 0 aromatic heterocycles. The summed E-state index contributed by atoms with van der Waals surface area (Å²) in [5.41, 5.74) is 3.54. The van der Waals surface area contributed by atoms with Crippen molar-refractivity contribution in [3.05, 3.63) is 96.1 Å². The van der Waals surface area contributed by atoms with Gasteiger partial charge in [-0.25, -0.2) is 0 Å². The van der Waals surface area contributed by atoms with Gasteiger partial charge in [-0.3, -0.25) is 14.4 Å². The molecule has 3 aromatic carbocycles. The second-order valence-electron chi connectivity index (χ2n) is 8.08. The molecular formula is C27H26N2O4. The topological polar surface area (TPSA) is 84.5 Å². The van der Waals surface area contributed by atoms with Crippen LogP contribution in [0.5, 0.6) is 0 Å². The smallest absolute Gasteiger partial charge is 0.325 e. The standard InChI is InChI=1S/C27H26N2O4/c30-24(29-26(22-13-14-22)21-9-5-2-6-10-21)18-33-25(31)17-28-27(32)23-15-11-20(12-16-23)19-7-3-1-4-8-19/h1-12,15-16,22,26H,13-14,17-18H2,(H,28,32)(H,29,30). The van der Waals surface area contributed by atoms with E-state index in [-0.39, 0.29) is 31.0 Å². The van der Waals surface area contributed by atoms with Crippen LogP contribution in [-0.4, -0.2) is 30.9 Å².